The van der Waals surface area contributed by atoms with E-state index in [1.165, 1.54) is 5.56 Å². The molecule has 0 aliphatic heterocycles. The quantitative estimate of drug-likeness (QED) is 0.522. The molecule has 0 radical (unpaired) electrons. The van der Waals surface area contributed by atoms with Gasteiger partial charge in [0.25, 0.3) is 0 Å². The molecule has 1 heteroatoms. The van der Waals surface area contributed by atoms with Gasteiger partial charge in [-0.3, -0.25) is 0 Å². The van der Waals surface area contributed by atoms with E-state index in [1.54, 1.807) is 0 Å². The molecule has 0 bridgehead atoms. The van der Waals surface area contributed by atoms with E-state index < -0.39 is 0 Å². The van der Waals surface area contributed by atoms with Crippen LogP contribution >= 0.6 is 0 Å². The summed E-state index contributed by atoms with van der Waals surface area (Å²) in [7, 11) is 0. The van der Waals surface area contributed by atoms with E-state index in [-0.39, 0.29) is 17.4 Å². The Bertz CT molecular complexity index is 134. The Balaban J connectivity index is 0.000000490. The largest absolute Gasteiger partial charge is 0.0622 e. The number of hydrogen-bond donors (Lipinski definition) is 0. The van der Waals surface area contributed by atoms with Crippen LogP contribution in [0.25, 0.3) is 0 Å². The van der Waals surface area contributed by atoms with Gasteiger partial charge in [0.2, 0.25) is 0 Å². The van der Waals surface area contributed by atoms with Gasteiger partial charge in [-0.2, -0.15) is 0 Å². The second kappa shape index (κ2) is 3.72. The van der Waals surface area contributed by atoms with Crippen molar-refractivity contribution in [2.24, 2.45) is 0 Å². The molecular formula is C7H8Cr. The van der Waals surface area contributed by atoms with Crippen molar-refractivity contribution in [1.82, 2.24) is 0 Å². The molecule has 8 heavy (non-hydrogen) atoms. The van der Waals surface area contributed by atoms with Gasteiger partial charge >= 0.3 is 0 Å². The van der Waals surface area contributed by atoms with Crippen LogP contribution in [0.5, 0.6) is 0 Å². The normalized spacial score (nSPS) is 7.62. The standard InChI is InChI=1S/C7H8.Cr/c1-7-5-3-2-4-6-7;/h2-6H,1H3;. The van der Waals surface area contributed by atoms with Gasteiger partial charge in [-0.15, -0.1) is 0 Å². The third-order valence-corrected chi connectivity index (χ3v) is 0.940. The Kier molecular flexibility index (Phi) is 3.60. The molecule has 0 aromatic heterocycles. The zero-order valence-electron chi connectivity index (χ0n) is 4.79. The summed E-state index contributed by atoms with van der Waals surface area (Å²) in [6.07, 6.45) is 0. The first-order valence-corrected chi connectivity index (χ1v) is 2.41. The van der Waals surface area contributed by atoms with Crippen LogP contribution in [0.1, 0.15) is 5.56 Å². The topological polar surface area (TPSA) is 0 Å². The first kappa shape index (κ1) is 7.75. The molecule has 0 heterocycles. The predicted molar refractivity (Wildman–Crippen MR) is 31.2 cm³/mol. The second-order valence-corrected chi connectivity index (χ2v) is 1.65. The minimum Gasteiger partial charge on any atom is -0.0622 e. The molecule has 0 spiro atoms. The fourth-order valence-electron chi connectivity index (χ4n) is 0.534. The van der Waals surface area contributed by atoms with E-state index in [9.17, 15) is 0 Å². The van der Waals surface area contributed by atoms with Gasteiger partial charge in [-0.1, -0.05) is 35.9 Å². The van der Waals surface area contributed by atoms with Gasteiger partial charge in [0.05, 0.1) is 0 Å². The molecule has 0 saturated carbocycles. The smallest absolute Gasteiger partial charge is 0 e. The van der Waals surface area contributed by atoms with Crippen LogP contribution < -0.4 is 0 Å². The summed E-state index contributed by atoms with van der Waals surface area (Å²) in [4.78, 5) is 0. The SMILES string of the molecule is Cc1ccccc1.[Cr]. The van der Waals surface area contributed by atoms with Gasteiger partial charge in [-0.25, -0.2) is 0 Å². The van der Waals surface area contributed by atoms with Crippen molar-refractivity contribution < 1.29 is 17.4 Å². The molecule has 0 atom stereocenters. The first-order valence-electron chi connectivity index (χ1n) is 2.41. The average molecular weight is 144 g/mol. The fourth-order valence-corrected chi connectivity index (χ4v) is 0.534. The van der Waals surface area contributed by atoms with Crippen molar-refractivity contribution >= 4 is 0 Å². The van der Waals surface area contributed by atoms with Crippen molar-refractivity contribution in [3.05, 3.63) is 35.9 Å². The van der Waals surface area contributed by atoms with Crippen molar-refractivity contribution in [3.63, 3.8) is 0 Å². The van der Waals surface area contributed by atoms with Crippen molar-refractivity contribution in [1.29, 1.82) is 0 Å². The third kappa shape index (κ3) is 2.16. The van der Waals surface area contributed by atoms with E-state index in [4.69, 9.17) is 0 Å². The predicted octanol–water partition coefficient (Wildman–Crippen LogP) is 1.99. The minimum atomic E-state index is 0. The van der Waals surface area contributed by atoms with Crippen LogP contribution in [-0.4, -0.2) is 0 Å². The minimum absolute atomic E-state index is 0. The Morgan fingerprint density at radius 3 is 1.75 bits per heavy atom. The molecule has 0 amide bonds. The molecule has 0 N–H and O–H groups in total. The molecule has 0 unspecified atom stereocenters. The Morgan fingerprint density at radius 2 is 1.50 bits per heavy atom. The number of hydrogen-bond acceptors (Lipinski definition) is 0. The molecule has 0 aliphatic carbocycles. The summed E-state index contributed by atoms with van der Waals surface area (Å²) in [5, 5.41) is 0. The monoisotopic (exact) mass is 144 g/mol. The van der Waals surface area contributed by atoms with Gasteiger partial charge in [-0.05, 0) is 6.92 Å². The molecule has 1 rings (SSSR count). The summed E-state index contributed by atoms with van der Waals surface area (Å²) < 4.78 is 0. The van der Waals surface area contributed by atoms with Crippen molar-refractivity contribution in [2.75, 3.05) is 0 Å². The van der Waals surface area contributed by atoms with E-state index in [1.807, 2.05) is 18.2 Å². The molecule has 1 aromatic carbocycles. The Labute approximate surface area is 60.7 Å². The Hall–Kier alpha value is -0.248. The van der Waals surface area contributed by atoms with Crippen LogP contribution in [0.2, 0.25) is 0 Å². The first-order chi connectivity index (χ1) is 3.39. The fraction of sp³-hybridized carbons (Fsp3) is 0.143. The van der Waals surface area contributed by atoms with Crippen molar-refractivity contribution in [2.45, 2.75) is 6.92 Å². The molecule has 0 aliphatic rings. The van der Waals surface area contributed by atoms with Gasteiger partial charge < -0.3 is 0 Å². The van der Waals surface area contributed by atoms with Crippen LogP contribution in [0.15, 0.2) is 30.3 Å². The maximum atomic E-state index is 2.08. The van der Waals surface area contributed by atoms with E-state index in [0.717, 1.165) is 0 Å². The summed E-state index contributed by atoms with van der Waals surface area (Å²) >= 11 is 0. The summed E-state index contributed by atoms with van der Waals surface area (Å²) in [6, 6.07) is 10.3. The Morgan fingerprint density at radius 1 is 1.00 bits per heavy atom. The second-order valence-electron chi connectivity index (χ2n) is 1.65. The van der Waals surface area contributed by atoms with Gasteiger partial charge in [0.15, 0.2) is 0 Å². The maximum absolute atomic E-state index is 2.08. The average Bonchev–Trinajstić information content (AvgIpc) is 1.69. The zero-order chi connectivity index (χ0) is 5.11. The number of rotatable bonds is 0. The number of benzene rings is 1. The number of aryl methyl sites for hydroxylation is 1. The maximum Gasteiger partial charge on any atom is 0 e. The summed E-state index contributed by atoms with van der Waals surface area (Å²) in [5.74, 6) is 0. The van der Waals surface area contributed by atoms with Crippen molar-refractivity contribution in [3.8, 4) is 0 Å². The summed E-state index contributed by atoms with van der Waals surface area (Å²) in [5.41, 5.74) is 1.32. The molecule has 0 nitrogen and oxygen atoms in total. The van der Waals surface area contributed by atoms with E-state index >= 15 is 0 Å². The molecule has 0 saturated heterocycles. The van der Waals surface area contributed by atoms with Gasteiger partial charge in [0, 0.05) is 17.4 Å². The van der Waals surface area contributed by atoms with Gasteiger partial charge in [0.1, 0.15) is 0 Å². The molecule has 42 valence electrons. The van der Waals surface area contributed by atoms with E-state index in [0.29, 0.717) is 0 Å². The van der Waals surface area contributed by atoms with Crippen LogP contribution in [0.4, 0.5) is 0 Å². The van der Waals surface area contributed by atoms with Crippen LogP contribution in [0, 0.1) is 6.92 Å². The summed E-state index contributed by atoms with van der Waals surface area (Å²) in [6.45, 7) is 2.08. The molecule has 1 aromatic rings. The zero-order valence-corrected chi connectivity index (χ0v) is 6.07. The molecule has 0 fully saturated rings. The van der Waals surface area contributed by atoms with E-state index in [2.05, 4.69) is 19.1 Å². The van der Waals surface area contributed by atoms with Crippen LogP contribution in [-0.2, 0) is 17.4 Å². The van der Waals surface area contributed by atoms with Crippen LogP contribution in [0.3, 0.4) is 0 Å². The third-order valence-electron chi connectivity index (χ3n) is 0.940. The molecular weight excluding hydrogens is 136 g/mol.